The summed E-state index contributed by atoms with van der Waals surface area (Å²) in [6, 6.07) is 23.9. The standard InChI is InChI=1S/C38H36F3N7O5S2/c39-38(40,41)32-23-30(11-12-33(32)43-16-21-54-29-7-2-1-3-8-29)55(52,53)46-37(51)34-13-14-35(45-44-34)47-17-19-48(20-18-47)36(50)15-10-26-6-4-5-9-31(26)27-22-28(49)25-42-24-27/h1-9,11-14,22-25,43,49H,10,15-21H2,(H,46,51). The van der Waals surface area contributed by atoms with Crippen LogP contribution >= 0.6 is 11.8 Å². The van der Waals surface area contributed by atoms with Gasteiger partial charge in [-0.3, -0.25) is 14.6 Å². The first kappa shape index (κ1) is 39.0. The Hall–Kier alpha value is -5.68. The van der Waals surface area contributed by atoms with Crippen molar-refractivity contribution >= 4 is 45.1 Å². The molecule has 55 heavy (non-hydrogen) atoms. The highest BCUT2D eigenvalue weighted by Crippen LogP contribution is 2.36. The van der Waals surface area contributed by atoms with Crippen LogP contribution in [0.4, 0.5) is 24.7 Å². The normalized spacial score (nSPS) is 13.4. The van der Waals surface area contributed by atoms with E-state index in [1.165, 1.54) is 30.1 Å². The van der Waals surface area contributed by atoms with Crippen LogP contribution in [0.25, 0.3) is 11.1 Å². The number of anilines is 2. The Kier molecular flexibility index (Phi) is 12.2. The van der Waals surface area contributed by atoms with Gasteiger partial charge in [0.1, 0.15) is 5.75 Å². The third-order valence-electron chi connectivity index (χ3n) is 8.76. The van der Waals surface area contributed by atoms with Gasteiger partial charge >= 0.3 is 6.18 Å². The van der Waals surface area contributed by atoms with E-state index < -0.39 is 32.6 Å². The molecule has 0 unspecified atom stereocenters. The second-order valence-corrected chi connectivity index (χ2v) is 15.3. The molecular formula is C38H36F3N7O5S2. The molecule has 3 aromatic carbocycles. The Bertz CT molecular complexity index is 2240. The molecule has 1 saturated heterocycles. The molecule has 3 N–H and O–H groups in total. The van der Waals surface area contributed by atoms with Gasteiger partial charge in [0.2, 0.25) is 5.91 Å². The van der Waals surface area contributed by atoms with Crippen LogP contribution < -0.4 is 14.9 Å². The first-order valence-electron chi connectivity index (χ1n) is 17.2. The van der Waals surface area contributed by atoms with Crippen molar-refractivity contribution in [1.82, 2.24) is 24.8 Å². The lowest BCUT2D eigenvalue weighted by Crippen LogP contribution is -2.49. The maximum absolute atomic E-state index is 14.0. The van der Waals surface area contributed by atoms with Gasteiger partial charge in [0.15, 0.2) is 11.5 Å². The summed E-state index contributed by atoms with van der Waals surface area (Å²) in [5.41, 5.74) is 0.767. The molecule has 0 bridgehead atoms. The van der Waals surface area contributed by atoms with Crippen LogP contribution in [0, 0.1) is 0 Å². The second kappa shape index (κ2) is 17.2. The Morgan fingerprint density at radius 1 is 0.873 bits per heavy atom. The first-order valence-corrected chi connectivity index (χ1v) is 19.6. The highest BCUT2D eigenvalue weighted by Gasteiger charge is 2.35. The van der Waals surface area contributed by atoms with Crippen molar-refractivity contribution in [3.8, 4) is 16.9 Å². The van der Waals surface area contributed by atoms with Crippen LogP contribution in [0.5, 0.6) is 5.75 Å². The van der Waals surface area contributed by atoms with Crippen LogP contribution in [0.3, 0.4) is 0 Å². The van der Waals surface area contributed by atoms with E-state index in [0.29, 0.717) is 50.2 Å². The minimum Gasteiger partial charge on any atom is -0.506 e. The molecule has 2 aromatic heterocycles. The average Bonchev–Trinajstić information content (AvgIpc) is 3.18. The maximum Gasteiger partial charge on any atom is 0.418 e. The van der Waals surface area contributed by atoms with Crippen LogP contribution in [0.1, 0.15) is 28.0 Å². The van der Waals surface area contributed by atoms with E-state index >= 15 is 0 Å². The zero-order valence-corrected chi connectivity index (χ0v) is 30.9. The Morgan fingerprint density at radius 2 is 1.62 bits per heavy atom. The van der Waals surface area contributed by atoms with Gasteiger partial charge in [0.05, 0.1) is 16.7 Å². The Morgan fingerprint density at radius 3 is 2.33 bits per heavy atom. The van der Waals surface area contributed by atoms with E-state index in [1.54, 1.807) is 21.9 Å². The quantitative estimate of drug-likeness (QED) is 0.0969. The number of aromatic hydroxyl groups is 1. The van der Waals surface area contributed by atoms with Gasteiger partial charge in [-0.1, -0.05) is 42.5 Å². The van der Waals surface area contributed by atoms with E-state index in [1.807, 2.05) is 59.5 Å². The molecule has 286 valence electrons. The summed E-state index contributed by atoms with van der Waals surface area (Å²) < 4.78 is 69.7. The van der Waals surface area contributed by atoms with Gasteiger partial charge < -0.3 is 20.2 Å². The van der Waals surface area contributed by atoms with Gasteiger partial charge in [-0.15, -0.1) is 22.0 Å². The van der Waals surface area contributed by atoms with E-state index in [9.17, 15) is 36.3 Å². The first-order chi connectivity index (χ1) is 26.4. The summed E-state index contributed by atoms with van der Waals surface area (Å²) in [6.07, 6.45) is -1.08. The number of carbonyl (C=O) groups is 2. The summed E-state index contributed by atoms with van der Waals surface area (Å²) in [5.74, 6) is -0.261. The molecule has 0 spiro atoms. The number of thioether (sulfide) groups is 1. The number of aryl methyl sites for hydroxylation is 1. The fourth-order valence-corrected chi connectivity index (χ4v) is 7.75. The molecule has 0 radical (unpaired) electrons. The lowest BCUT2D eigenvalue weighted by Gasteiger charge is -2.35. The average molecular weight is 792 g/mol. The zero-order valence-electron chi connectivity index (χ0n) is 29.2. The van der Waals surface area contributed by atoms with Gasteiger partial charge in [-0.25, -0.2) is 13.1 Å². The van der Waals surface area contributed by atoms with Crippen LogP contribution in [0.15, 0.2) is 113 Å². The molecule has 17 heteroatoms. The van der Waals surface area contributed by atoms with Crippen molar-refractivity contribution in [3.05, 3.63) is 120 Å². The molecule has 1 fully saturated rings. The van der Waals surface area contributed by atoms with E-state index in [0.717, 1.165) is 33.7 Å². The lowest BCUT2D eigenvalue weighted by molar-refractivity contribution is -0.137. The number of carbonyl (C=O) groups excluding carboxylic acids is 2. The van der Waals surface area contributed by atoms with E-state index in [2.05, 4.69) is 20.5 Å². The van der Waals surface area contributed by atoms with Crippen molar-refractivity contribution in [2.45, 2.75) is 28.8 Å². The molecule has 5 aromatic rings. The summed E-state index contributed by atoms with van der Waals surface area (Å²) in [7, 11) is -4.71. The number of hydrogen-bond donors (Lipinski definition) is 3. The van der Waals surface area contributed by atoms with Crippen LogP contribution in [-0.4, -0.2) is 83.9 Å². The largest absolute Gasteiger partial charge is 0.506 e. The summed E-state index contributed by atoms with van der Waals surface area (Å²) >= 11 is 1.45. The number of benzene rings is 3. The number of nitrogens with one attached hydrogen (secondary N) is 2. The molecule has 12 nitrogen and oxygen atoms in total. The monoisotopic (exact) mass is 791 g/mol. The number of sulfonamides is 1. The number of hydrogen-bond acceptors (Lipinski definition) is 11. The topological polar surface area (TPSA) is 158 Å². The summed E-state index contributed by atoms with van der Waals surface area (Å²) in [4.78, 5) is 33.9. The predicted octanol–water partition coefficient (Wildman–Crippen LogP) is 5.87. The van der Waals surface area contributed by atoms with Crippen molar-refractivity contribution in [2.75, 3.05) is 48.7 Å². The SMILES string of the molecule is O=C(NS(=O)(=O)c1ccc(NCCSc2ccccc2)c(C(F)(F)F)c1)c1ccc(N2CCN(C(=O)CCc3ccccc3-c3cncc(O)c3)CC2)nn1. The number of amides is 2. The Balaban J connectivity index is 1.01. The summed E-state index contributed by atoms with van der Waals surface area (Å²) in [6.45, 7) is 1.89. The van der Waals surface area contributed by atoms with Crippen molar-refractivity contribution in [3.63, 3.8) is 0 Å². The number of aromatic nitrogens is 3. The predicted molar refractivity (Wildman–Crippen MR) is 202 cm³/mol. The number of nitrogens with zero attached hydrogens (tertiary/aromatic N) is 5. The highest BCUT2D eigenvalue weighted by atomic mass is 32.2. The van der Waals surface area contributed by atoms with Gasteiger partial charge in [-0.2, -0.15) is 13.2 Å². The summed E-state index contributed by atoms with van der Waals surface area (Å²) in [5, 5.41) is 20.5. The lowest BCUT2D eigenvalue weighted by atomic mass is 9.97. The van der Waals surface area contributed by atoms with E-state index in [4.69, 9.17) is 0 Å². The number of pyridine rings is 1. The second-order valence-electron chi connectivity index (χ2n) is 12.5. The zero-order chi connectivity index (χ0) is 39.0. The molecule has 3 heterocycles. The molecule has 2 amide bonds. The highest BCUT2D eigenvalue weighted by molar-refractivity contribution is 7.99. The molecule has 1 aliphatic rings. The van der Waals surface area contributed by atoms with Gasteiger partial charge in [-0.05, 0) is 66.1 Å². The van der Waals surface area contributed by atoms with Crippen molar-refractivity contribution < 1.29 is 36.3 Å². The van der Waals surface area contributed by atoms with Crippen molar-refractivity contribution in [2.24, 2.45) is 0 Å². The third kappa shape index (κ3) is 10.1. The molecule has 0 aliphatic carbocycles. The number of alkyl halides is 3. The molecule has 6 rings (SSSR count). The van der Waals surface area contributed by atoms with E-state index in [-0.39, 0.29) is 36.0 Å². The van der Waals surface area contributed by atoms with Gasteiger partial charge in [0.25, 0.3) is 15.9 Å². The maximum atomic E-state index is 14.0. The Labute approximate surface area is 319 Å². The van der Waals surface area contributed by atoms with Crippen LogP contribution in [-0.2, 0) is 27.4 Å². The van der Waals surface area contributed by atoms with Crippen LogP contribution in [0.2, 0.25) is 0 Å². The minimum atomic E-state index is -4.87. The minimum absolute atomic E-state index is 0.0195. The third-order valence-corrected chi connectivity index (χ3v) is 11.1. The fourth-order valence-electron chi connectivity index (χ4n) is 5.98. The molecule has 0 saturated carbocycles. The number of piperazine rings is 1. The number of rotatable bonds is 13. The fraction of sp³-hybridized carbons (Fsp3) is 0.237. The smallest absolute Gasteiger partial charge is 0.418 e. The van der Waals surface area contributed by atoms with Gasteiger partial charge in [0, 0.05) is 67.2 Å². The molecule has 0 atom stereocenters. The molecular weight excluding hydrogens is 756 g/mol. The van der Waals surface area contributed by atoms with Crippen molar-refractivity contribution in [1.29, 1.82) is 0 Å². The number of halogens is 3. The molecule has 1 aliphatic heterocycles.